The van der Waals surface area contributed by atoms with Crippen molar-refractivity contribution in [2.24, 2.45) is 0 Å². The molecule has 0 aliphatic heterocycles. The summed E-state index contributed by atoms with van der Waals surface area (Å²) in [7, 11) is 0. The van der Waals surface area contributed by atoms with Crippen molar-refractivity contribution in [2.75, 3.05) is 11.9 Å². The summed E-state index contributed by atoms with van der Waals surface area (Å²) in [6.45, 7) is 5.03. The number of thiazole rings is 1. The van der Waals surface area contributed by atoms with Crippen LogP contribution in [0.3, 0.4) is 0 Å². The van der Waals surface area contributed by atoms with Crippen LogP contribution in [-0.2, 0) is 6.54 Å². The van der Waals surface area contributed by atoms with E-state index in [1.165, 1.54) is 11.3 Å². The molecule has 0 saturated heterocycles. The molecule has 4 aromatic rings. The van der Waals surface area contributed by atoms with Crippen LogP contribution in [-0.4, -0.2) is 27.3 Å². The largest absolute Gasteiger partial charge is 0.494 e. The lowest BCUT2D eigenvalue weighted by atomic mass is 10.2. The smallest absolute Gasteiger partial charge is 0.262 e. The van der Waals surface area contributed by atoms with Gasteiger partial charge in [-0.2, -0.15) is 5.10 Å². The summed E-state index contributed by atoms with van der Waals surface area (Å²) in [6, 6.07) is 17.6. The summed E-state index contributed by atoms with van der Waals surface area (Å²) in [4.78, 5) is 17.5. The number of hydrogen-bond donors (Lipinski definition) is 1. The molecule has 4 rings (SSSR count). The second kappa shape index (κ2) is 9.97. The lowest BCUT2D eigenvalue weighted by Crippen LogP contribution is -2.13. The highest BCUT2D eigenvalue weighted by atomic mass is 35.5. The number of anilines is 1. The van der Waals surface area contributed by atoms with Gasteiger partial charge in [0.25, 0.3) is 5.91 Å². The Balaban J connectivity index is 1.46. The fourth-order valence-corrected chi connectivity index (χ4v) is 4.27. The van der Waals surface area contributed by atoms with Crippen LogP contribution in [0.15, 0.2) is 60.0 Å². The predicted octanol–water partition coefficient (Wildman–Crippen LogP) is 6.06. The first-order chi connectivity index (χ1) is 15.5. The van der Waals surface area contributed by atoms with Crippen LogP contribution in [0, 0.1) is 6.92 Å². The highest BCUT2D eigenvalue weighted by Gasteiger charge is 2.21. The van der Waals surface area contributed by atoms with Crippen molar-refractivity contribution in [3.8, 4) is 17.0 Å². The average molecular weight is 467 g/mol. The van der Waals surface area contributed by atoms with Gasteiger partial charge < -0.3 is 4.74 Å². The maximum absolute atomic E-state index is 12.9. The van der Waals surface area contributed by atoms with Crippen molar-refractivity contribution >= 4 is 34.0 Å². The van der Waals surface area contributed by atoms with E-state index < -0.39 is 0 Å². The summed E-state index contributed by atoms with van der Waals surface area (Å²) in [5.74, 6) is 0.507. The van der Waals surface area contributed by atoms with E-state index in [2.05, 4.69) is 22.3 Å². The van der Waals surface area contributed by atoms with E-state index in [1.807, 2.05) is 60.0 Å². The van der Waals surface area contributed by atoms with Crippen LogP contribution in [0.25, 0.3) is 11.3 Å². The third-order valence-corrected chi connectivity index (χ3v) is 5.96. The molecule has 8 heteroatoms. The maximum atomic E-state index is 12.9. The number of aryl methyl sites for hydroxylation is 1. The molecule has 0 spiro atoms. The molecule has 164 valence electrons. The molecule has 0 radical (unpaired) electrons. The standard InChI is InChI=1S/C24H23ClN4O2S/c1-3-13-31-19-11-9-18(10-12-19)20-15-32-24(26-20)27-23(30)21-16(2)28-29(22(21)25)14-17-7-5-4-6-8-17/h4-12,15H,3,13-14H2,1-2H3,(H,26,27,30). The van der Waals surface area contributed by atoms with Crippen molar-refractivity contribution < 1.29 is 9.53 Å². The minimum absolute atomic E-state index is 0.309. The molecular formula is C24H23ClN4O2S. The second-order valence-corrected chi connectivity index (χ2v) is 8.48. The number of carbonyl (C=O) groups excluding carboxylic acids is 1. The summed E-state index contributed by atoms with van der Waals surface area (Å²) in [5, 5.41) is 10.0. The molecule has 0 bridgehead atoms. The van der Waals surface area contributed by atoms with Crippen LogP contribution in [0.1, 0.15) is 35.0 Å². The third-order valence-electron chi connectivity index (χ3n) is 4.82. The number of nitrogens with zero attached hydrogens (tertiary/aromatic N) is 3. The Morgan fingerprint density at radius 3 is 2.62 bits per heavy atom. The molecule has 0 aliphatic carbocycles. The normalized spacial score (nSPS) is 10.8. The van der Waals surface area contributed by atoms with Crippen molar-refractivity contribution in [3.05, 3.63) is 82.0 Å². The number of ether oxygens (including phenoxy) is 1. The van der Waals surface area contributed by atoms with Crippen molar-refractivity contribution in [2.45, 2.75) is 26.8 Å². The van der Waals surface area contributed by atoms with Crippen LogP contribution >= 0.6 is 22.9 Å². The summed E-state index contributed by atoms with van der Waals surface area (Å²) >= 11 is 7.87. The fourth-order valence-electron chi connectivity index (χ4n) is 3.24. The zero-order chi connectivity index (χ0) is 22.5. The summed E-state index contributed by atoms with van der Waals surface area (Å²) < 4.78 is 7.25. The molecule has 2 aromatic carbocycles. The summed E-state index contributed by atoms with van der Waals surface area (Å²) in [5.41, 5.74) is 3.73. The number of hydrogen-bond acceptors (Lipinski definition) is 5. The Morgan fingerprint density at radius 1 is 1.16 bits per heavy atom. The van der Waals surface area contributed by atoms with E-state index in [0.29, 0.717) is 34.7 Å². The van der Waals surface area contributed by atoms with Gasteiger partial charge in [0.2, 0.25) is 0 Å². The lowest BCUT2D eigenvalue weighted by Gasteiger charge is -2.05. The highest BCUT2D eigenvalue weighted by molar-refractivity contribution is 7.14. The minimum Gasteiger partial charge on any atom is -0.494 e. The molecule has 0 atom stereocenters. The quantitative estimate of drug-likeness (QED) is 0.342. The first kappa shape index (κ1) is 22.0. The minimum atomic E-state index is -0.323. The van der Waals surface area contributed by atoms with Gasteiger partial charge in [-0.15, -0.1) is 11.3 Å². The van der Waals surface area contributed by atoms with Crippen molar-refractivity contribution in [1.82, 2.24) is 14.8 Å². The van der Waals surface area contributed by atoms with E-state index in [4.69, 9.17) is 16.3 Å². The first-order valence-electron chi connectivity index (χ1n) is 10.3. The highest BCUT2D eigenvalue weighted by Crippen LogP contribution is 2.28. The zero-order valence-electron chi connectivity index (χ0n) is 17.8. The number of aromatic nitrogens is 3. The van der Waals surface area contributed by atoms with Crippen molar-refractivity contribution in [1.29, 1.82) is 0 Å². The third kappa shape index (κ3) is 5.00. The van der Waals surface area contributed by atoms with Gasteiger partial charge in [-0.3, -0.25) is 10.1 Å². The Morgan fingerprint density at radius 2 is 1.91 bits per heavy atom. The zero-order valence-corrected chi connectivity index (χ0v) is 19.4. The maximum Gasteiger partial charge on any atom is 0.262 e. The Bertz CT molecular complexity index is 1200. The summed E-state index contributed by atoms with van der Waals surface area (Å²) in [6.07, 6.45) is 0.964. The molecule has 32 heavy (non-hydrogen) atoms. The van der Waals surface area contributed by atoms with Gasteiger partial charge in [0, 0.05) is 10.9 Å². The SMILES string of the molecule is CCCOc1ccc(-c2csc(NC(=O)c3c(C)nn(Cc4ccccc4)c3Cl)n2)cc1. The van der Waals surface area contributed by atoms with Crippen LogP contribution in [0.5, 0.6) is 5.75 Å². The first-order valence-corrected chi connectivity index (χ1v) is 11.6. The number of rotatable bonds is 8. The fraction of sp³-hybridized carbons (Fsp3) is 0.208. The van der Waals surface area contributed by atoms with Crippen LogP contribution in [0.4, 0.5) is 5.13 Å². The second-order valence-electron chi connectivity index (χ2n) is 7.26. The molecule has 2 heterocycles. The number of carbonyl (C=O) groups is 1. The number of halogens is 1. The van der Waals surface area contributed by atoms with Crippen molar-refractivity contribution in [3.63, 3.8) is 0 Å². The lowest BCUT2D eigenvalue weighted by molar-refractivity contribution is 0.102. The molecule has 2 aromatic heterocycles. The van der Waals surface area contributed by atoms with Gasteiger partial charge in [0.15, 0.2) is 5.13 Å². The van der Waals surface area contributed by atoms with Gasteiger partial charge in [-0.05, 0) is 43.2 Å². The van der Waals surface area contributed by atoms with E-state index in [-0.39, 0.29) is 5.91 Å². The van der Waals surface area contributed by atoms with E-state index in [9.17, 15) is 4.79 Å². The molecule has 0 saturated carbocycles. The topological polar surface area (TPSA) is 69.0 Å². The molecular weight excluding hydrogens is 444 g/mol. The number of amides is 1. The van der Waals surface area contributed by atoms with Gasteiger partial charge in [0.05, 0.1) is 30.1 Å². The van der Waals surface area contributed by atoms with E-state index in [0.717, 1.165) is 29.0 Å². The van der Waals surface area contributed by atoms with Crippen LogP contribution in [0.2, 0.25) is 5.15 Å². The Labute approximate surface area is 195 Å². The molecule has 1 N–H and O–H groups in total. The number of benzene rings is 2. The van der Waals surface area contributed by atoms with Gasteiger partial charge in [-0.1, -0.05) is 48.9 Å². The van der Waals surface area contributed by atoms with Gasteiger partial charge >= 0.3 is 0 Å². The Hall–Kier alpha value is -3.16. The molecule has 0 unspecified atom stereocenters. The number of nitrogens with one attached hydrogen (secondary N) is 1. The average Bonchev–Trinajstić information content (AvgIpc) is 3.37. The Kier molecular flexibility index (Phi) is 6.87. The van der Waals surface area contributed by atoms with Gasteiger partial charge in [0.1, 0.15) is 10.9 Å². The van der Waals surface area contributed by atoms with E-state index >= 15 is 0 Å². The van der Waals surface area contributed by atoms with Gasteiger partial charge in [-0.25, -0.2) is 9.67 Å². The molecule has 6 nitrogen and oxygen atoms in total. The monoisotopic (exact) mass is 466 g/mol. The van der Waals surface area contributed by atoms with E-state index in [1.54, 1.807) is 11.6 Å². The molecule has 1 amide bonds. The van der Waals surface area contributed by atoms with Crippen LogP contribution < -0.4 is 10.1 Å². The predicted molar refractivity (Wildman–Crippen MR) is 129 cm³/mol. The molecule has 0 fully saturated rings. The molecule has 0 aliphatic rings.